The fraction of sp³-hybridized carbons (Fsp3) is 0.727. The van der Waals surface area contributed by atoms with E-state index >= 15 is 0 Å². The molecule has 1 aromatic rings. The van der Waals surface area contributed by atoms with Crippen molar-refractivity contribution in [3.8, 4) is 0 Å². The molecule has 0 aromatic carbocycles. The van der Waals surface area contributed by atoms with Crippen LogP contribution in [0.2, 0.25) is 0 Å². The van der Waals surface area contributed by atoms with Gasteiger partial charge in [0.15, 0.2) is 0 Å². The molecule has 2 rings (SSSR count). The quantitative estimate of drug-likeness (QED) is 0.854. The van der Waals surface area contributed by atoms with Gasteiger partial charge in [0.05, 0.1) is 5.69 Å². The van der Waals surface area contributed by atoms with Crippen molar-refractivity contribution < 1.29 is 0 Å². The fourth-order valence-corrected chi connectivity index (χ4v) is 3.15. The predicted molar refractivity (Wildman–Crippen MR) is 70.2 cm³/mol. The minimum absolute atomic E-state index is 0.901. The van der Waals surface area contributed by atoms with Crippen molar-refractivity contribution in [2.45, 2.75) is 13.5 Å². The van der Waals surface area contributed by atoms with E-state index in [1.807, 2.05) is 30.5 Å². The minimum atomic E-state index is 0.901. The molecule has 0 atom stereocenters. The van der Waals surface area contributed by atoms with Crippen LogP contribution in [0.4, 0.5) is 5.82 Å². The van der Waals surface area contributed by atoms with Gasteiger partial charge in [0, 0.05) is 43.8 Å². The van der Waals surface area contributed by atoms with Crippen LogP contribution in [0.5, 0.6) is 0 Å². The van der Waals surface area contributed by atoms with E-state index in [9.17, 15) is 0 Å². The topological polar surface area (TPSA) is 33.1 Å². The van der Waals surface area contributed by atoms with E-state index in [0.29, 0.717) is 0 Å². The standard InChI is InChI=1S/C11H20N4S/c1-9-10(8-12-2)11(14(3)13-9)15-4-6-16-7-5-15/h12H,4-8H2,1-3H3. The molecule has 0 unspecified atom stereocenters. The van der Waals surface area contributed by atoms with E-state index in [-0.39, 0.29) is 0 Å². The van der Waals surface area contributed by atoms with Gasteiger partial charge < -0.3 is 10.2 Å². The van der Waals surface area contributed by atoms with Gasteiger partial charge >= 0.3 is 0 Å². The summed E-state index contributed by atoms with van der Waals surface area (Å²) in [6.45, 7) is 5.27. The SMILES string of the molecule is CNCc1c(C)nn(C)c1N1CCSCC1. The summed E-state index contributed by atoms with van der Waals surface area (Å²) in [6, 6.07) is 0. The number of thioether (sulfide) groups is 1. The Morgan fingerprint density at radius 2 is 2.06 bits per heavy atom. The maximum absolute atomic E-state index is 4.53. The van der Waals surface area contributed by atoms with Crippen LogP contribution < -0.4 is 10.2 Å². The zero-order chi connectivity index (χ0) is 11.5. The zero-order valence-corrected chi connectivity index (χ0v) is 11.1. The largest absolute Gasteiger partial charge is 0.355 e. The van der Waals surface area contributed by atoms with E-state index in [0.717, 1.165) is 25.3 Å². The Labute approximate surface area is 101 Å². The molecule has 1 aromatic heterocycles. The second-order valence-corrected chi connectivity index (χ2v) is 5.37. The molecule has 0 bridgehead atoms. The van der Waals surface area contributed by atoms with Crippen molar-refractivity contribution in [2.75, 3.05) is 36.5 Å². The van der Waals surface area contributed by atoms with Gasteiger partial charge in [0.1, 0.15) is 5.82 Å². The lowest BCUT2D eigenvalue weighted by molar-refractivity contribution is 0.710. The summed E-state index contributed by atoms with van der Waals surface area (Å²) >= 11 is 2.04. The smallest absolute Gasteiger partial charge is 0.131 e. The number of nitrogens with one attached hydrogen (secondary N) is 1. The molecule has 0 aliphatic carbocycles. The number of anilines is 1. The average molecular weight is 240 g/mol. The van der Waals surface area contributed by atoms with Gasteiger partial charge in [-0.3, -0.25) is 4.68 Å². The molecule has 0 spiro atoms. The molecule has 1 aliphatic rings. The van der Waals surface area contributed by atoms with Gasteiger partial charge in [0.2, 0.25) is 0 Å². The Kier molecular flexibility index (Phi) is 3.76. The molecule has 5 heteroatoms. The lowest BCUT2D eigenvalue weighted by Gasteiger charge is -2.29. The molecule has 0 amide bonds. The van der Waals surface area contributed by atoms with Crippen molar-refractivity contribution in [3.63, 3.8) is 0 Å². The van der Waals surface area contributed by atoms with E-state index in [4.69, 9.17) is 0 Å². The van der Waals surface area contributed by atoms with E-state index in [1.54, 1.807) is 0 Å². The second kappa shape index (κ2) is 5.10. The van der Waals surface area contributed by atoms with Crippen LogP contribution in [0.25, 0.3) is 0 Å². The highest BCUT2D eigenvalue weighted by Gasteiger charge is 2.20. The normalized spacial score (nSPS) is 16.8. The summed E-state index contributed by atoms with van der Waals surface area (Å²) in [4.78, 5) is 2.46. The van der Waals surface area contributed by atoms with Gasteiger partial charge in [-0.15, -0.1) is 0 Å². The molecule has 1 N–H and O–H groups in total. The molecule has 0 saturated carbocycles. The molecule has 90 valence electrons. The number of nitrogens with zero attached hydrogens (tertiary/aromatic N) is 3. The maximum atomic E-state index is 4.53. The number of hydrogen-bond acceptors (Lipinski definition) is 4. The number of rotatable bonds is 3. The first kappa shape index (κ1) is 11.8. The molecule has 4 nitrogen and oxygen atoms in total. The summed E-state index contributed by atoms with van der Waals surface area (Å²) in [7, 11) is 4.03. The van der Waals surface area contributed by atoms with Crippen LogP contribution in [0.1, 0.15) is 11.3 Å². The third kappa shape index (κ3) is 2.20. The van der Waals surface area contributed by atoms with Gasteiger partial charge in [0.25, 0.3) is 0 Å². The summed E-state index contributed by atoms with van der Waals surface area (Å²) in [5.41, 5.74) is 2.49. The Bertz CT molecular complexity index is 355. The molecule has 1 saturated heterocycles. The monoisotopic (exact) mass is 240 g/mol. The molecule has 1 aliphatic heterocycles. The van der Waals surface area contributed by atoms with Crippen molar-refractivity contribution >= 4 is 17.6 Å². The lowest BCUT2D eigenvalue weighted by atomic mass is 10.2. The van der Waals surface area contributed by atoms with Crippen molar-refractivity contribution in [2.24, 2.45) is 7.05 Å². The molecule has 1 fully saturated rings. The van der Waals surface area contributed by atoms with E-state index in [1.165, 1.54) is 22.9 Å². The third-order valence-electron chi connectivity index (χ3n) is 2.98. The zero-order valence-electron chi connectivity index (χ0n) is 10.3. The first-order valence-corrected chi connectivity index (χ1v) is 6.89. The summed E-state index contributed by atoms with van der Waals surface area (Å²) in [5, 5.41) is 7.77. The number of hydrogen-bond donors (Lipinski definition) is 1. The first-order chi connectivity index (χ1) is 7.74. The molecule has 0 radical (unpaired) electrons. The van der Waals surface area contributed by atoms with Gasteiger partial charge in [-0.2, -0.15) is 16.9 Å². The van der Waals surface area contributed by atoms with E-state index in [2.05, 4.69) is 22.2 Å². The summed E-state index contributed by atoms with van der Waals surface area (Å²) < 4.78 is 2.03. The Morgan fingerprint density at radius 3 is 2.69 bits per heavy atom. The number of aryl methyl sites for hydroxylation is 2. The van der Waals surface area contributed by atoms with Crippen LogP contribution >= 0.6 is 11.8 Å². The predicted octanol–water partition coefficient (Wildman–Crippen LogP) is 1.00. The Morgan fingerprint density at radius 1 is 1.38 bits per heavy atom. The van der Waals surface area contributed by atoms with Crippen LogP contribution in [-0.2, 0) is 13.6 Å². The van der Waals surface area contributed by atoms with Crippen LogP contribution in [0.15, 0.2) is 0 Å². The third-order valence-corrected chi connectivity index (χ3v) is 3.92. The fourth-order valence-electron chi connectivity index (χ4n) is 2.24. The molecule has 16 heavy (non-hydrogen) atoms. The van der Waals surface area contributed by atoms with Crippen LogP contribution in [0, 0.1) is 6.92 Å². The Balaban J connectivity index is 2.29. The van der Waals surface area contributed by atoms with Crippen LogP contribution in [-0.4, -0.2) is 41.4 Å². The highest BCUT2D eigenvalue weighted by atomic mass is 32.2. The Hall–Kier alpha value is -0.680. The highest BCUT2D eigenvalue weighted by Crippen LogP contribution is 2.25. The second-order valence-electron chi connectivity index (χ2n) is 4.14. The average Bonchev–Trinajstić information content (AvgIpc) is 2.56. The van der Waals surface area contributed by atoms with Crippen molar-refractivity contribution in [1.29, 1.82) is 0 Å². The number of aromatic nitrogens is 2. The van der Waals surface area contributed by atoms with Gasteiger partial charge in [-0.05, 0) is 14.0 Å². The lowest BCUT2D eigenvalue weighted by Crippen LogP contribution is -2.34. The first-order valence-electron chi connectivity index (χ1n) is 5.73. The van der Waals surface area contributed by atoms with Gasteiger partial charge in [-0.25, -0.2) is 0 Å². The van der Waals surface area contributed by atoms with E-state index < -0.39 is 0 Å². The van der Waals surface area contributed by atoms with Crippen molar-refractivity contribution in [3.05, 3.63) is 11.3 Å². The summed E-state index contributed by atoms with van der Waals surface area (Å²) in [6.07, 6.45) is 0. The molecular weight excluding hydrogens is 220 g/mol. The van der Waals surface area contributed by atoms with Gasteiger partial charge in [-0.1, -0.05) is 0 Å². The maximum Gasteiger partial charge on any atom is 0.131 e. The summed E-state index contributed by atoms with van der Waals surface area (Å²) in [5.74, 6) is 3.75. The van der Waals surface area contributed by atoms with Crippen LogP contribution in [0.3, 0.4) is 0 Å². The highest BCUT2D eigenvalue weighted by molar-refractivity contribution is 7.99. The van der Waals surface area contributed by atoms with Crippen molar-refractivity contribution in [1.82, 2.24) is 15.1 Å². The minimum Gasteiger partial charge on any atom is -0.355 e. The molecular formula is C11H20N4S. The molecule has 2 heterocycles.